The van der Waals surface area contributed by atoms with E-state index in [1.807, 2.05) is 11.8 Å². The highest BCUT2D eigenvalue weighted by atomic mass is 35.5. The number of carbonyl (C=O) groups is 2. The zero-order valence-corrected chi connectivity index (χ0v) is 22.6. The quantitative estimate of drug-likeness (QED) is 0.284. The normalized spacial score (nSPS) is 19.6. The average molecular weight is 570 g/mol. The van der Waals surface area contributed by atoms with E-state index < -0.39 is 5.82 Å². The number of ether oxygens (including phenoxy) is 3. The topological polar surface area (TPSA) is 115 Å². The van der Waals surface area contributed by atoms with Crippen LogP contribution in [0.1, 0.15) is 19.8 Å². The van der Waals surface area contributed by atoms with Crippen molar-refractivity contribution in [1.82, 2.24) is 14.9 Å². The third kappa shape index (κ3) is 7.04. The average Bonchev–Trinajstić information content (AvgIpc) is 3.43. The van der Waals surface area contributed by atoms with Crippen molar-refractivity contribution in [2.45, 2.75) is 32.0 Å². The molecule has 1 amide bonds. The second-order valence-electron chi connectivity index (χ2n) is 9.67. The van der Waals surface area contributed by atoms with Crippen molar-refractivity contribution in [3.63, 3.8) is 0 Å². The van der Waals surface area contributed by atoms with Crippen LogP contribution < -0.4 is 15.4 Å². The SMILES string of the molecule is C[C@@H]1CN(CC=CC(=O)Nc2cc3c(Nc4ccc(F)c(Cl)c4)ncnc3cc2OC[C@@H]2CCCO2)CC(=O)O1. The fraction of sp³-hybridized carbons (Fsp3) is 0.357. The Morgan fingerprint density at radius 1 is 1.30 bits per heavy atom. The van der Waals surface area contributed by atoms with E-state index in [0.29, 0.717) is 60.1 Å². The molecule has 3 aromatic rings. The zero-order chi connectivity index (χ0) is 28.1. The highest BCUT2D eigenvalue weighted by Crippen LogP contribution is 2.34. The summed E-state index contributed by atoms with van der Waals surface area (Å²) in [4.78, 5) is 35.2. The maximum atomic E-state index is 13.6. The molecule has 1 aromatic heterocycles. The van der Waals surface area contributed by atoms with Gasteiger partial charge in [0.05, 0.1) is 28.9 Å². The van der Waals surface area contributed by atoms with E-state index in [9.17, 15) is 14.0 Å². The largest absolute Gasteiger partial charge is 0.489 e. The van der Waals surface area contributed by atoms with Gasteiger partial charge in [-0.1, -0.05) is 17.7 Å². The van der Waals surface area contributed by atoms with E-state index in [1.165, 1.54) is 24.5 Å². The molecule has 2 N–H and O–H groups in total. The monoisotopic (exact) mass is 569 g/mol. The molecule has 0 spiro atoms. The second-order valence-corrected chi connectivity index (χ2v) is 10.1. The van der Waals surface area contributed by atoms with Crippen LogP contribution in [0.4, 0.5) is 21.6 Å². The number of fused-ring (bicyclic) bond motifs is 1. The summed E-state index contributed by atoms with van der Waals surface area (Å²) in [5, 5.41) is 6.60. The fourth-order valence-electron chi connectivity index (χ4n) is 4.60. The maximum absolute atomic E-state index is 13.6. The van der Waals surface area contributed by atoms with Crippen LogP contribution in [0.5, 0.6) is 5.75 Å². The minimum absolute atomic E-state index is 0.0242. The molecular formula is C28H29ClFN5O5. The third-order valence-electron chi connectivity index (χ3n) is 6.46. The highest BCUT2D eigenvalue weighted by Gasteiger charge is 2.22. The smallest absolute Gasteiger partial charge is 0.320 e. The van der Waals surface area contributed by atoms with Crippen molar-refractivity contribution in [2.24, 2.45) is 0 Å². The molecule has 2 saturated heterocycles. The first-order chi connectivity index (χ1) is 19.3. The van der Waals surface area contributed by atoms with Gasteiger partial charge in [0, 0.05) is 42.9 Å². The zero-order valence-electron chi connectivity index (χ0n) is 21.9. The van der Waals surface area contributed by atoms with Crippen LogP contribution in [0.2, 0.25) is 5.02 Å². The van der Waals surface area contributed by atoms with Crippen LogP contribution in [0, 0.1) is 5.82 Å². The number of anilines is 3. The number of halogens is 2. The predicted molar refractivity (Wildman–Crippen MR) is 148 cm³/mol. The van der Waals surface area contributed by atoms with Gasteiger partial charge in [0.2, 0.25) is 5.91 Å². The van der Waals surface area contributed by atoms with Gasteiger partial charge in [0.1, 0.15) is 36.4 Å². The van der Waals surface area contributed by atoms with Gasteiger partial charge in [-0.2, -0.15) is 0 Å². The van der Waals surface area contributed by atoms with Crippen molar-refractivity contribution in [3.05, 3.63) is 59.7 Å². The lowest BCUT2D eigenvalue weighted by molar-refractivity contribution is -0.156. The van der Waals surface area contributed by atoms with Gasteiger partial charge in [0.25, 0.3) is 0 Å². The molecule has 0 radical (unpaired) electrons. The third-order valence-corrected chi connectivity index (χ3v) is 6.75. The molecule has 5 rings (SSSR count). The summed E-state index contributed by atoms with van der Waals surface area (Å²) in [7, 11) is 0. The number of esters is 1. The van der Waals surface area contributed by atoms with Crippen molar-refractivity contribution in [3.8, 4) is 5.75 Å². The minimum Gasteiger partial charge on any atom is -0.489 e. The van der Waals surface area contributed by atoms with E-state index in [4.69, 9.17) is 25.8 Å². The predicted octanol–water partition coefficient (Wildman–Crippen LogP) is 4.47. The Morgan fingerprint density at radius 3 is 2.95 bits per heavy atom. The van der Waals surface area contributed by atoms with Gasteiger partial charge in [-0.3, -0.25) is 14.5 Å². The number of nitrogens with zero attached hydrogens (tertiary/aromatic N) is 3. The lowest BCUT2D eigenvalue weighted by atomic mass is 10.1. The number of aromatic nitrogens is 2. The summed E-state index contributed by atoms with van der Waals surface area (Å²) in [5.41, 5.74) is 1.53. The lowest BCUT2D eigenvalue weighted by Crippen LogP contribution is -2.44. The number of hydrogen-bond donors (Lipinski definition) is 2. The van der Waals surface area contributed by atoms with Crippen LogP contribution in [-0.4, -0.2) is 71.8 Å². The number of nitrogens with one attached hydrogen (secondary N) is 2. The molecule has 0 bridgehead atoms. The van der Waals surface area contributed by atoms with Gasteiger partial charge in [-0.25, -0.2) is 14.4 Å². The Labute approximate surface area is 235 Å². The summed E-state index contributed by atoms with van der Waals surface area (Å²) >= 11 is 5.94. The molecule has 2 atom stereocenters. The molecule has 2 fully saturated rings. The maximum Gasteiger partial charge on any atom is 0.320 e. The standard InChI is InChI=1S/C28H29ClFN5O5/c1-17-13-35(14-27(37)40-17)8-2-5-26(36)34-24-11-20-23(12-25(24)39-15-19-4-3-9-38-19)31-16-32-28(20)33-18-6-7-22(30)21(29)10-18/h2,5-7,10-12,16-17,19H,3-4,8-9,13-15H2,1H3,(H,34,36)(H,31,32,33)/t17-,19+/m1/s1. The molecule has 2 aliphatic rings. The first-order valence-corrected chi connectivity index (χ1v) is 13.4. The van der Waals surface area contributed by atoms with Crippen molar-refractivity contribution in [2.75, 3.05) is 43.5 Å². The molecule has 12 heteroatoms. The van der Waals surface area contributed by atoms with Gasteiger partial charge in [-0.05, 0) is 44.0 Å². The Bertz CT molecular complexity index is 1430. The lowest BCUT2D eigenvalue weighted by Gasteiger charge is -2.29. The first-order valence-electron chi connectivity index (χ1n) is 13.0. The first kappa shape index (κ1) is 27.8. The summed E-state index contributed by atoms with van der Waals surface area (Å²) in [6.45, 7) is 4.06. The van der Waals surface area contributed by atoms with Gasteiger partial charge >= 0.3 is 5.97 Å². The Hall–Kier alpha value is -3.80. The number of benzene rings is 2. The molecule has 2 aliphatic heterocycles. The van der Waals surface area contributed by atoms with Crippen LogP contribution in [0.15, 0.2) is 48.8 Å². The summed E-state index contributed by atoms with van der Waals surface area (Å²) in [6, 6.07) is 7.72. The van der Waals surface area contributed by atoms with E-state index in [1.54, 1.807) is 24.3 Å². The molecule has 3 heterocycles. The van der Waals surface area contributed by atoms with Crippen molar-refractivity contribution in [1.29, 1.82) is 0 Å². The van der Waals surface area contributed by atoms with Crippen LogP contribution >= 0.6 is 11.6 Å². The van der Waals surface area contributed by atoms with E-state index in [2.05, 4.69) is 20.6 Å². The minimum atomic E-state index is -0.527. The molecule has 0 unspecified atom stereocenters. The van der Waals surface area contributed by atoms with Crippen LogP contribution in [0.25, 0.3) is 10.9 Å². The van der Waals surface area contributed by atoms with Crippen LogP contribution in [-0.2, 0) is 19.1 Å². The number of cyclic esters (lactones) is 1. The summed E-state index contributed by atoms with van der Waals surface area (Å²) < 4.78 is 30.5. The van der Waals surface area contributed by atoms with Crippen molar-refractivity contribution >= 4 is 51.6 Å². The molecule has 40 heavy (non-hydrogen) atoms. The molecule has 210 valence electrons. The van der Waals surface area contributed by atoms with E-state index >= 15 is 0 Å². The second kappa shape index (κ2) is 12.6. The Kier molecular flexibility index (Phi) is 8.73. The number of morpholine rings is 1. The highest BCUT2D eigenvalue weighted by molar-refractivity contribution is 6.31. The van der Waals surface area contributed by atoms with Gasteiger partial charge in [-0.15, -0.1) is 0 Å². The summed E-state index contributed by atoms with van der Waals surface area (Å²) in [5.74, 6) is -0.302. The van der Waals surface area contributed by atoms with Crippen molar-refractivity contribution < 1.29 is 28.2 Å². The number of carbonyl (C=O) groups excluding carboxylic acids is 2. The van der Waals surface area contributed by atoms with E-state index in [0.717, 1.165) is 12.8 Å². The molecule has 0 saturated carbocycles. The number of rotatable bonds is 9. The molecule has 10 nitrogen and oxygen atoms in total. The van der Waals surface area contributed by atoms with E-state index in [-0.39, 0.29) is 35.7 Å². The molecular weight excluding hydrogens is 541 g/mol. The summed E-state index contributed by atoms with van der Waals surface area (Å²) in [6.07, 6.45) is 6.17. The Morgan fingerprint density at radius 2 is 2.17 bits per heavy atom. The van der Waals surface area contributed by atoms with Gasteiger partial charge < -0.3 is 24.8 Å². The number of hydrogen-bond acceptors (Lipinski definition) is 9. The Balaban J connectivity index is 1.37. The molecule has 2 aromatic carbocycles. The number of amides is 1. The van der Waals surface area contributed by atoms with Gasteiger partial charge in [0.15, 0.2) is 0 Å². The fourth-order valence-corrected chi connectivity index (χ4v) is 4.78. The van der Waals surface area contributed by atoms with Crippen LogP contribution in [0.3, 0.4) is 0 Å². The molecule has 0 aliphatic carbocycles.